The number of hydrogen-bond acceptors (Lipinski definition) is 5. The molecular weight excluding hydrogens is 562 g/mol. The SMILES string of the molecule is O=c1cnn(-c2ccc(C(Cl)(c3ccc(Cl)cc3)c3nc(-c4ccccc4)c(Cl)s3)c(Cl)c2)c(=O)[nH]1. The van der Waals surface area contributed by atoms with Gasteiger partial charge in [-0.25, -0.2) is 9.78 Å². The van der Waals surface area contributed by atoms with Crippen molar-refractivity contribution in [2.45, 2.75) is 4.87 Å². The van der Waals surface area contributed by atoms with Crippen LogP contribution in [0.3, 0.4) is 0 Å². The Morgan fingerprint density at radius 1 is 0.917 bits per heavy atom. The molecule has 0 spiro atoms. The highest BCUT2D eigenvalue weighted by atomic mass is 35.5. The summed E-state index contributed by atoms with van der Waals surface area (Å²) in [6.07, 6.45) is 1.01. The second-order valence-electron chi connectivity index (χ2n) is 7.69. The number of nitrogens with one attached hydrogen (secondary N) is 1. The quantitative estimate of drug-likeness (QED) is 0.241. The highest BCUT2D eigenvalue weighted by molar-refractivity contribution is 7.16. The van der Waals surface area contributed by atoms with E-state index in [9.17, 15) is 9.59 Å². The van der Waals surface area contributed by atoms with Gasteiger partial charge in [-0.05, 0) is 29.8 Å². The molecule has 180 valence electrons. The van der Waals surface area contributed by atoms with Crippen molar-refractivity contribution in [3.63, 3.8) is 0 Å². The van der Waals surface area contributed by atoms with Gasteiger partial charge in [-0.1, -0.05) is 83.3 Å². The Morgan fingerprint density at radius 3 is 2.31 bits per heavy atom. The second kappa shape index (κ2) is 9.84. The monoisotopic (exact) mass is 574 g/mol. The third-order valence-corrected chi connectivity index (χ3v) is 8.10. The van der Waals surface area contributed by atoms with Gasteiger partial charge < -0.3 is 0 Å². The molecular formula is C25H14Cl4N4O2S. The summed E-state index contributed by atoms with van der Waals surface area (Å²) in [5, 5.41) is 5.19. The van der Waals surface area contributed by atoms with Crippen LogP contribution in [0, 0.1) is 0 Å². The second-order valence-corrected chi connectivity index (χ2v) is 10.7. The van der Waals surface area contributed by atoms with E-state index in [0.29, 0.717) is 36.9 Å². The Hall–Kier alpha value is -2.94. The number of alkyl halides is 1. The van der Waals surface area contributed by atoms with Crippen LogP contribution < -0.4 is 11.2 Å². The summed E-state index contributed by atoms with van der Waals surface area (Å²) in [6.45, 7) is 0. The molecule has 0 fully saturated rings. The minimum atomic E-state index is -1.33. The summed E-state index contributed by atoms with van der Waals surface area (Å²) in [5.41, 5.74) is 1.70. The van der Waals surface area contributed by atoms with Crippen LogP contribution in [0.15, 0.2) is 88.6 Å². The zero-order chi connectivity index (χ0) is 25.4. The molecule has 36 heavy (non-hydrogen) atoms. The van der Waals surface area contributed by atoms with Gasteiger partial charge in [0.15, 0.2) is 0 Å². The lowest BCUT2D eigenvalue weighted by Gasteiger charge is -2.27. The van der Waals surface area contributed by atoms with Gasteiger partial charge in [0.2, 0.25) is 0 Å². The molecule has 1 unspecified atom stereocenters. The first-order chi connectivity index (χ1) is 17.3. The predicted octanol–water partition coefficient (Wildman–Crippen LogP) is 6.54. The third-order valence-electron chi connectivity index (χ3n) is 5.45. The summed E-state index contributed by atoms with van der Waals surface area (Å²) in [7, 11) is 0. The zero-order valence-corrected chi connectivity index (χ0v) is 21.9. The normalized spacial score (nSPS) is 12.9. The number of aromatic amines is 1. The molecule has 0 saturated heterocycles. The first kappa shape index (κ1) is 24.7. The fraction of sp³-hybridized carbons (Fsp3) is 0.0400. The molecule has 0 radical (unpaired) electrons. The molecule has 0 saturated carbocycles. The van der Waals surface area contributed by atoms with Crippen LogP contribution in [0.1, 0.15) is 16.1 Å². The van der Waals surface area contributed by atoms with Crippen molar-refractivity contribution < 1.29 is 0 Å². The maximum Gasteiger partial charge on any atom is 0.349 e. The molecule has 0 bridgehead atoms. The van der Waals surface area contributed by atoms with Crippen LogP contribution >= 0.6 is 57.7 Å². The van der Waals surface area contributed by atoms with E-state index in [1.807, 2.05) is 30.3 Å². The molecule has 0 aliphatic rings. The number of hydrogen-bond donors (Lipinski definition) is 1. The average Bonchev–Trinajstić information content (AvgIpc) is 3.26. The largest absolute Gasteiger partial charge is 0.349 e. The molecule has 5 rings (SSSR count). The standard InChI is InChI=1S/C25H14Cl4N4O2S/c26-16-8-6-15(7-9-16)25(29,23-32-21(22(28)36-23)14-4-2-1-3-5-14)18-11-10-17(12-19(18)27)33-24(35)31-20(34)13-30-33/h1-13H,(H,31,34,35). The van der Waals surface area contributed by atoms with Crippen LogP contribution in [0.4, 0.5) is 0 Å². The Bertz CT molecular complexity index is 1680. The van der Waals surface area contributed by atoms with Gasteiger partial charge in [0.25, 0.3) is 5.56 Å². The lowest BCUT2D eigenvalue weighted by Crippen LogP contribution is -2.30. The molecule has 2 heterocycles. The maximum atomic E-state index is 12.2. The van der Waals surface area contributed by atoms with Crippen molar-refractivity contribution in [2.24, 2.45) is 0 Å². The Kier molecular flexibility index (Phi) is 6.76. The minimum absolute atomic E-state index is 0.255. The van der Waals surface area contributed by atoms with Gasteiger partial charge in [-0.3, -0.25) is 9.78 Å². The van der Waals surface area contributed by atoms with E-state index < -0.39 is 16.1 Å². The smallest absolute Gasteiger partial charge is 0.271 e. The summed E-state index contributed by atoms with van der Waals surface area (Å²) in [4.78, 5) is 29.3. The van der Waals surface area contributed by atoms with E-state index >= 15 is 0 Å². The summed E-state index contributed by atoms with van der Waals surface area (Å²) in [6, 6.07) is 21.5. The molecule has 0 aliphatic carbocycles. The van der Waals surface area contributed by atoms with Gasteiger partial charge in [0.05, 0.1) is 5.69 Å². The minimum Gasteiger partial charge on any atom is -0.271 e. The molecule has 1 atom stereocenters. The van der Waals surface area contributed by atoms with Crippen molar-refractivity contribution in [2.75, 3.05) is 0 Å². The number of thiazole rings is 1. The van der Waals surface area contributed by atoms with Crippen molar-refractivity contribution in [3.8, 4) is 16.9 Å². The fourth-order valence-corrected chi connectivity index (χ4v) is 5.99. The first-order valence-corrected chi connectivity index (χ1v) is 12.8. The van der Waals surface area contributed by atoms with E-state index in [2.05, 4.69) is 10.1 Å². The topological polar surface area (TPSA) is 80.6 Å². The van der Waals surface area contributed by atoms with E-state index in [1.165, 1.54) is 11.3 Å². The van der Waals surface area contributed by atoms with Gasteiger partial charge in [0, 0.05) is 21.2 Å². The predicted molar refractivity (Wildman–Crippen MR) is 145 cm³/mol. The Balaban J connectivity index is 1.70. The Labute approximate surface area is 228 Å². The van der Waals surface area contributed by atoms with E-state index in [1.54, 1.807) is 42.5 Å². The summed E-state index contributed by atoms with van der Waals surface area (Å²) in [5.74, 6) is 0. The number of rotatable bonds is 5. The van der Waals surface area contributed by atoms with Crippen LogP contribution in [0.2, 0.25) is 14.4 Å². The molecule has 6 nitrogen and oxygen atoms in total. The average molecular weight is 576 g/mol. The maximum absolute atomic E-state index is 12.2. The van der Waals surface area contributed by atoms with Crippen LogP contribution in [-0.4, -0.2) is 19.7 Å². The van der Waals surface area contributed by atoms with Gasteiger partial charge in [-0.15, -0.1) is 22.9 Å². The number of halogens is 4. The van der Waals surface area contributed by atoms with E-state index in [-0.39, 0.29) is 5.02 Å². The van der Waals surface area contributed by atoms with Crippen molar-refractivity contribution in [1.29, 1.82) is 0 Å². The zero-order valence-electron chi connectivity index (χ0n) is 18.1. The van der Waals surface area contributed by atoms with Crippen molar-refractivity contribution in [1.82, 2.24) is 19.7 Å². The lowest BCUT2D eigenvalue weighted by atomic mass is 9.90. The van der Waals surface area contributed by atoms with Crippen molar-refractivity contribution in [3.05, 3.63) is 130 Å². The van der Waals surface area contributed by atoms with Gasteiger partial charge >= 0.3 is 5.69 Å². The molecule has 1 N–H and O–H groups in total. The van der Waals surface area contributed by atoms with E-state index in [4.69, 9.17) is 51.4 Å². The summed E-state index contributed by atoms with van der Waals surface area (Å²) >= 11 is 28.2. The van der Waals surface area contributed by atoms with Gasteiger partial charge in [0.1, 0.15) is 26.1 Å². The molecule has 0 amide bonds. The molecule has 5 aromatic rings. The number of nitrogens with zero attached hydrogens (tertiary/aromatic N) is 3. The van der Waals surface area contributed by atoms with Crippen molar-refractivity contribution >= 4 is 57.7 Å². The van der Waals surface area contributed by atoms with Gasteiger partial charge in [-0.2, -0.15) is 9.78 Å². The van der Waals surface area contributed by atoms with Crippen LogP contribution in [-0.2, 0) is 4.87 Å². The first-order valence-electron chi connectivity index (χ1n) is 10.4. The fourth-order valence-electron chi connectivity index (χ4n) is 3.75. The highest BCUT2D eigenvalue weighted by Gasteiger charge is 2.40. The summed E-state index contributed by atoms with van der Waals surface area (Å²) < 4.78 is 1.51. The lowest BCUT2D eigenvalue weighted by molar-refractivity contribution is 0.748. The molecule has 11 heteroatoms. The molecule has 0 aliphatic heterocycles. The van der Waals surface area contributed by atoms with Crippen LogP contribution in [0.25, 0.3) is 16.9 Å². The van der Waals surface area contributed by atoms with E-state index in [0.717, 1.165) is 16.4 Å². The number of H-pyrrole nitrogens is 1. The molecule has 3 aromatic carbocycles. The number of aromatic nitrogens is 4. The highest BCUT2D eigenvalue weighted by Crippen LogP contribution is 2.49. The Morgan fingerprint density at radius 2 is 1.64 bits per heavy atom. The third kappa shape index (κ3) is 4.49. The molecule has 2 aromatic heterocycles. The number of benzene rings is 3. The van der Waals surface area contributed by atoms with Crippen LogP contribution in [0.5, 0.6) is 0 Å².